The van der Waals surface area contributed by atoms with E-state index < -0.39 is 29.5 Å². The van der Waals surface area contributed by atoms with Gasteiger partial charge in [0.2, 0.25) is 0 Å². The van der Waals surface area contributed by atoms with Gasteiger partial charge in [0.05, 0.1) is 44.4 Å². The second kappa shape index (κ2) is 27.9. The van der Waals surface area contributed by atoms with E-state index in [-0.39, 0.29) is 23.0 Å². The third-order valence-corrected chi connectivity index (χ3v) is 32.2. The smallest absolute Gasteiger partial charge is 0.351 e. The van der Waals surface area contributed by atoms with Crippen LogP contribution in [0.1, 0.15) is 70.1 Å². The molecule has 0 saturated heterocycles. The highest BCUT2D eigenvalue weighted by Crippen LogP contribution is 2.61. The van der Waals surface area contributed by atoms with Crippen LogP contribution in [0.4, 0.5) is 8.78 Å². The average Bonchev–Trinajstić information content (AvgIpc) is 1.55. The van der Waals surface area contributed by atoms with Gasteiger partial charge in [0.15, 0.2) is 11.6 Å². The van der Waals surface area contributed by atoms with Gasteiger partial charge in [-0.1, -0.05) is 91.0 Å². The molecule has 0 aliphatic carbocycles. The number of methoxy groups -OCH3 is 1. The number of ether oxygens (including phenoxy) is 3. The lowest BCUT2D eigenvalue weighted by Gasteiger charge is -2.09. The zero-order valence-corrected chi connectivity index (χ0v) is 64.9. The summed E-state index contributed by atoms with van der Waals surface area (Å²) in [6, 6.07) is 56.8. The fraction of sp³-hybridized carbons (Fsp3) is 0.134. The van der Waals surface area contributed by atoms with Crippen LogP contribution in [0.5, 0.6) is 0 Å². The third kappa shape index (κ3) is 12.2. The fourth-order valence-electron chi connectivity index (χ4n) is 13.2. The molecule has 506 valence electrons. The van der Waals surface area contributed by atoms with Gasteiger partial charge in [-0.15, -0.1) is 136 Å². The van der Waals surface area contributed by atoms with Gasteiger partial charge >= 0.3 is 17.9 Å². The number of carbonyl (C=O) groups excluding carboxylic acids is 3. The number of hydrogen-bond donors (Lipinski definition) is 0. The van der Waals surface area contributed by atoms with Crippen LogP contribution in [0.25, 0.3) is 158 Å². The minimum atomic E-state index is -0.713. The first-order chi connectivity index (χ1) is 49.7. The lowest BCUT2D eigenvalue weighted by atomic mass is 9.99. The van der Waals surface area contributed by atoms with Crippen molar-refractivity contribution < 1.29 is 37.4 Å². The maximum atomic E-state index is 17.9. The first kappa shape index (κ1) is 67.3. The molecule has 0 amide bonds. The molecule has 0 N–H and O–H groups in total. The molecule has 0 fully saturated rings. The number of thiophene rings is 12. The molecular weight excluding hydrogens is 1500 g/mol. The fourth-order valence-corrected chi connectivity index (χ4v) is 27.7. The highest BCUT2D eigenvalue weighted by atomic mass is 32.1. The molecule has 102 heavy (non-hydrogen) atoms. The van der Waals surface area contributed by atoms with Crippen molar-refractivity contribution in [2.75, 3.05) is 20.3 Å². The molecule has 0 bridgehead atoms. The van der Waals surface area contributed by atoms with Gasteiger partial charge in [-0.05, 0) is 149 Å². The van der Waals surface area contributed by atoms with E-state index in [0.29, 0.717) is 33.0 Å². The summed E-state index contributed by atoms with van der Waals surface area (Å²) < 4.78 is 57.8. The second-order valence-electron chi connectivity index (χ2n) is 24.7. The van der Waals surface area contributed by atoms with E-state index in [4.69, 9.17) is 14.2 Å². The van der Waals surface area contributed by atoms with E-state index in [1.165, 1.54) is 87.0 Å². The van der Waals surface area contributed by atoms with Crippen LogP contribution in [0.15, 0.2) is 170 Å². The van der Waals surface area contributed by atoms with Crippen molar-refractivity contribution in [1.29, 1.82) is 0 Å². The van der Waals surface area contributed by atoms with E-state index in [0.717, 1.165) is 130 Å². The van der Waals surface area contributed by atoms with E-state index in [9.17, 15) is 14.4 Å². The molecule has 17 aromatic rings. The maximum Gasteiger partial charge on any atom is 0.351 e. The monoisotopic (exact) mass is 1560 g/mol. The quantitative estimate of drug-likeness (QED) is 0.0327. The Morgan fingerprint density at radius 1 is 0.363 bits per heavy atom. The molecule has 0 unspecified atom stereocenters. The van der Waals surface area contributed by atoms with Crippen molar-refractivity contribution in [1.82, 2.24) is 0 Å². The van der Waals surface area contributed by atoms with E-state index >= 15 is 8.78 Å². The van der Waals surface area contributed by atoms with Crippen LogP contribution in [0, 0.1) is 39.3 Å². The normalized spacial score (nSPS) is 12.0. The van der Waals surface area contributed by atoms with Gasteiger partial charge < -0.3 is 14.2 Å². The molecule has 12 aromatic heterocycles. The summed E-state index contributed by atoms with van der Waals surface area (Å²) in [6.07, 6.45) is 5.90. The predicted molar refractivity (Wildman–Crippen MR) is 440 cm³/mol. The van der Waals surface area contributed by atoms with Crippen molar-refractivity contribution in [2.24, 2.45) is 0 Å². The van der Waals surface area contributed by atoms with Crippen molar-refractivity contribution in [3.8, 4) is 91.9 Å². The largest absolute Gasteiger partial charge is 0.465 e. The average molecular weight is 1560 g/mol. The first-order valence-corrected chi connectivity index (χ1v) is 42.6. The topological polar surface area (TPSA) is 78.9 Å². The predicted octanol–water partition coefficient (Wildman–Crippen LogP) is 28.6. The Labute approximate surface area is 633 Å². The minimum Gasteiger partial charge on any atom is -0.465 e. The van der Waals surface area contributed by atoms with E-state index in [1.54, 1.807) is 96.8 Å². The third-order valence-electron chi connectivity index (χ3n) is 17.9. The van der Waals surface area contributed by atoms with Gasteiger partial charge in [0, 0.05) is 143 Å². The van der Waals surface area contributed by atoms with Gasteiger partial charge in [0.1, 0.15) is 9.75 Å². The molecule has 0 saturated carbocycles. The summed E-state index contributed by atoms with van der Waals surface area (Å²) in [6.45, 7) is 8.96. The Bertz CT molecular complexity index is 5970. The van der Waals surface area contributed by atoms with E-state index in [2.05, 4.69) is 131 Å². The van der Waals surface area contributed by atoms with Crippen LogP contribution < -0.4 is 0 Å². The summed E-state index contributed by atoms with van der Waals surface area (Å²) in [4.78, 5) is 56.6. The lowest BCUT2D eigenvalue weighted by Crippen LogP contribution is -2.06. The molecule has 0 aliphatic heterocycles. The minimum absolute atomic E-state index is 0.0582. The summed E-state index contributed by atoms with van der Waals surface area (Å²) in [5.74, 6) is -2.98. The Morgan fingerprint density at radius 3 is 1.19 bits per heavy atom. The Morgan fingerprint density at radius 2 is 0.745 bits per heavy atom. The Kier molecular flexibility index (Phi) is 18.4. The molecule has 20 heteroatoms. The number of rotatable bonds is 20. The molecule has 0 spiro atoms. The summed E-state index contributed by atoms with van der Waals surface area (Å²) >= 11 is 19.4. The van der Waals surface area contributed by atoms with Crippen LogP contribution in [0.3, 0.4) is 0 Å². The van der Waals surface area contributed by atoms with Crippen molar-refractivity contribution >= 4 is 221 Å². The summed E-state index contributed by atoms with van der Waals surface area (Å²) in [5.41, 5.74) is 7.45. The summed E-state index contributed by atoms with van der Waals surface area (Å²) in [7, 11) is 1.31. The van der Waals surface area contributed by atoms with E-state index in [1.807, 2.05) is 72.0 Å². The number of unbranched alkanes of at least 4 members (excludes halogenated alkanes) is 3. The van der Waals surface area contributed by atoms with Gasteiger partial charge in [0.25, 0.3) is 0 Å². The Hall–Kier alpha value is -7.93. The van der Waals surface area contributed by atoms with Crippen LogP contribution in [-0.2, 0) is 19.0 Å². The number of carbonyl (C=O) groups is 3. The molecule has 12 heterocycles. The summed E-state index contributed by atoms with van der Waals surface area (Å²) in [5, 5.41) is 5.22. The highest BCUT2D eigenvalue weighted by Gasteiger charge is 2.34. The number of halogens is 2. The lowest BCUT2D eigenvalue weighted by molar-refractivity contribution is -0.137. The van der Waals surface area contributed by atoms with Gasteiger partial charge in [-0.3, -0.25) is 0 Å². The molecule has 0 radical (unpaired) electrons. The van der Waals surface area contributed by atoms with Crippen molar-refractivity contribution in [3.05, 3.63) is 216 Å². The highest BCUT2D eigenvalue weighted by molar-refractivity contribution is 7.36. The van der Waals surface area contributed by atoms with Crippen molar-refractivity contribution in [3.63, 3.8) is 0 Å². The maximum absolute atomic E-state index is 17.9. The number of fused-ring (bicyclic) bond motifs is 6. The van der Waals surface area contributed by atoms with Crippen LogP contribution >= 0.6 is 136 Å². The molecular formula is C82H56F2O6S12. The number of aryl methyl sites for hydroxylation is 4. The zero-order valence-electron chi connectivity index (χ0n) is 55.1. The first-order valence-electron chi connectivity index (χ1n) is 32.8. The molecule has 6 nitrogen and oxygen atoms in total. The van der Waals surface area contributed by atoms with Crippen LogP contribution in [-0.4, -0.2) is 38.2 Å². The molecule has 0 atom stereocenters. The Balaban J connectivity index is 0.788. The SMILES string of the molecule is COC(=O)c1sc2c(-c3cc4c(-c5ccc(C)s5)c5sc(-c6ccccc6)cc5c(-c5ccc(C)s5)c4s3)sc(-c3cc4c(-c5ccc(C)s5)c5sc(-c6sc(-c7ccccc7)c7c(F)c(C(=O)OCCCCCCOC(=O)/C=C/c8ccccc8)sc67)cc5c(-c5ccc(C)s5)c4s3)c2c1F. The van der Waals surface area contributed by atoms with Gasteiger partial charge in [-0.2, -0.15) is 0 Å². The number of benzene rings is 5. The zero-order chi connectivity index (χ0) is 69.6. The standard InChI is InChI=1S/C82H56F2O6S12/c1-41-25-30-52(91-41)61-48-37-56(46-21-13-9-14-22-46)95-70(48)62(53-31-26-42(2)92-53)50-40-59(98-72(50)61)76-78-66(68(84)79(101-78)81(86)88-5)74(100-76)57-38-49-63(54-32-27-43(3)93-54)73-51(64(71(49)96-57)55-33-28-44(4)94-55)39-58(97-73)75-77-65(69(99-75)47-23-15-10-16-24-47)67(83)80(102-77)82(87)90-36-18-7-6-17-35-89-60(85)34-29-45-19-11-8-12-20-45/h8-16,19-34,37-40H,6-7,17-18,35-36H2,1-5H3/b34-29+. The van der Waals surface area contributed by atoms with Crippen LogP contribution in [0.2, 0.25) is 0 Å². The number of hydrogen-bond acceptors (Lipinski definition) is 18. The molecule has 5 aromatic carbocycles. The number of esters is 3. The second-order valence-corrected chi connectivity index (χ2v) is 38.1. The van der Waals surface area contributed by atoms with Gasteiger partial charge in [-0.25, -0.2) is 23.2 Å². The molecule has 0 aliphatic rings. The molecule has 17 rings (SSSR count). The van der Waals surface area contributed by atoms with Crippen molar-refractivity contribution in [2.45, 2.75) is 53.4 Å².